The number of carbonyl (C=O) groups excluding carboxylic acids is 1. The van der Waals surface area contributed by atoms with E-state index in [0.717, 1.165) is 16.7 Å². The van der Waals surface area contributed by atoms with Gasteiger partial charge in [-0.2, -0.15) is 4.31 Å². The number of amides is 1. The fourth-order valence-corrected chi connectivity index (χ4v) is 5.51. The maximum atomic E-state index is 13.2. The molecule has 6 nitrogen and oxygen atoms in total. The summed E-state index contributed by atoms with van der Waals surface area (Å²) in [7, 11) is -3.53. The van der Waals surface area contributed by atoms with E-state index >= 15 is 0 Å². The second-order valence-corrected chi connectivity index (χ2v) is 10.5. The van der Waals surface area contributed by atoms with E-state index in [1.165, 1.54) is 0 Å². The lowest BCUT2D eigenvalue weighted by Crippen LogP contribution is -2.56. The summed E-state index contributed by atoms with van der Waals surface area (Å²) in [5.74, 6) is -0.0240. The van der Waals surface area contributed by atoms with Crippen molar-refractivity contribution in [2.75, 3.05) is 26.2 Å². The number of piperazine rings is 1. The molecule has 2 rings (SSSR count). The molecule has 0 unspecified atom stereocenters. The van der Waals surface area contributed by atoms with Crippen LogP contribution in [0.1, 0.15) is 44.4 Å². The van der Waals surface area contributed by atoms with E-state index in [1.54, 1.807) is 4.31 Å². The van der Waals surface area contributed by atoms with Gasteiger partial charge in [-0.3, -0.25) is 9.69 Å². The molecule has 1 saturated heterocycles. The van der Waals surface area contributed by atoms with Crippen LogP contribution in [-0.4, -0.2) is 61.3 Å². The number of hydrogen-bond acceptors (Lipinski definition) is 4. The number of hydrogen-bond donors (Lipinski definition) is 1. The fraction of sp³-hybridized carbons (Fsp3) is 0.650. The number of nitrogens with zero attached hydrogens (tertiary/aromatic N) is 2. The van der Waals surface area contributed by atoms with Crippen LogP contribution >= 0.6 is 0 Å². The van der Waals surface area contributed by atoms with Gasteiger partial charge in [-0.1, -0.05) is 17.7 Å². The molecule has 0 aromatic heterocycles. The highest BCUT2D eigenvalue weighted by molar-refractivity contribution is 7.89. The molecule has 1 fully saturated rings. The van der Waals surface area contributed by atoms with Crippen molar-refractivity contribution >= 4 is 15.9 Å². The monoisotopic (exact) mass is 395 g/mol. The summed E-state index contributed by atoms with van der Waals surface area (Å²) in [6.45, 7) is 15.3. The number of rotatable bonds is 4. The second-order valence-electron chi connectivity index (χ2n) is 8.58. The first-order valence-corrected chi connectivity index (χ1v) is 10.9. The van der Waals surface area contributed by atoms with E-state index in [-0.39, 0.29) is 17.5 Å². The molecular formula is C20H33N3O3S. The number of nitrogens with one attached hydrogen (secondary N) is 1. The predicted octanol–water partition coefficient (Wildman–Crippen LogP) is 2.22. The minimum atomic E-state index is -3.53. The number of benzene rings is 1. The lowest BCUT2D eigenvalue weighted by molar-refractivity contribution is -0.127. The molecule has 1 amide bonds. The van der Waals surface area contributed by atoms with Gasteiger partial charge in [-0.25, -0.2) is 8.42 Å². The molecule has 1 heterocycles. The molecule has 0 spiro atoms. The van der Waals surface area contributed by atoms with Crippen LogP contribution in [0.4, 0.5) is 0 Å². The molecule has 1 aliphatic heterocycles. The topological polar surface area (TPSA) is 69.7 Å². The molecule has 152 valence electrons. The normalized spacial score (nSPS) is 18.3. The fourth-order valence-electron chi connectivity index (χ4n) is 3.67. The van der Waals surface area contributed by atoms with Crippen molar-refractivity contribution in [2.45, 2.75) is 64.9 Å². The van der Waals surface area contributed by atoms with Crippen LogP contribution in [0.3, 0.4) is 0 Å². The largest absolute Gasteiger partial charge is 0.350 e. The Balaban J connectivity index is 2.10. The molecule has 0 saturated carbocycles. The molecule has 0 aliphatic carbocycles. The van der Waals surface area contributed by atoms with Crippen molar-refractivity contribution in [1.29, 1.82) is 0 Å². The first-order chi connectivity index (χ1) is 12.3. The smallest absolute Gasteiger partial charge is 0.243 e. The Kier molecular flexibility index (Phi) is 6.39. The van der Waals surface area contributed by atoms with Crippen LogP contribution in [0.2, 0.25) is 0 Å². The minimum absolute atomic E-state index is 0.0240. The van der Waals surface area contributed by atoms with E-state index in [1.807, 2.05) is 65.5 Å². The van der Waals surface area contributed by atoms with E-state index < -0.39 is 10.0 Å². The third-order valence-electron chi connectivity index (χ3n) is 4.90. The molecule has 1 N–H and O–H groups in total. The van der Waals surface area contributed by atoms with Crippen LogP contribution in [0, 0.1) is 20.8 Å². The van der Waals surface area contributed by atoms with Gasteiger partial charge in [0.2, 0.25) is 15.9 Å². The summed E-state index contributed by atoms with van der Waals surface area (Å²) in [6.07, 6.45) is 0. The van der Waals surface area contributed by atoms with Crippen LogP contribution < -0.4 is 5.32 Å². The summed E-state index contributed by atoms with van der Waals surface area (Å²) < 4.78 is 27.9. The number of aryl methyl sites for hydroxylation is 3. The molecule has 0 bridgehead atoms. The summed E-state index contributed by atoms with van der Waals surface area (Å²) in [4.78, 5) is 14.9. The van der Waals surface area contributed by atoms with Crippen molar-refractivity contribution in [3.63, 3.8) is 0 Å². The maximum absolute atomic E-state index is 13.2. The lowest BCUT2D eigenvalue weighted by Gasteiger charge is -2.38. The van der Waals surface area contributed by atoms with Gasteiger partial charge >= 0.3 is 0 Å². The molecule has 1 aromatic rings. The molecule has 7 heteroatoms. The lowest BCUT2D eigenvalue weighted by atomic mass is 10.1. The van der Waals surface area contributed by atoms with Crippen LogP contribution in [0.25, 0.3) is 0 Å². The number of sulfonamides is 1. The van der Waals surface area contributed by atoms with Crippen molar-refractivity contribution in [1.82, 2.24) is 14.5 Å². The minimum Gasteiger partial charge on any atom is -0.350 e. The SMILES string of the molecule is Cc1cc(C)c(S(=O)(=O)N2CCN([C@H](C)C(=O)NC(C)(C)C)CC2)c(C)c1. The zero-order valence-corrected chi connectivity index (χ0v) is 18.4. The van der Waals surface area contributed by atoms with Gasteiger partial charge in [-0.05, 0) is 59.6 Å². The molecule has 1 aliphatic rings. The molecular weight excluding hydrogens is 362 g/mol. The first kappa shape index (κ1) is 21.9. The van der Waals surface area contributed by atoms with Gasteiger partial charge in [0.05, 0.1) is 10.9 Å². The van der Waals surface area contributed by atoms with E-state index in [2.05, 4.69) is 5.32 Å². The van der Waals surface area contributed by atoms with E-state index in [9.17, 15) is 13.2 Å². The van der Waals surface area contributed by atoms with Gasteiger partial charge in [0.1, 0.15) is 0 Å². The van der Waals surface area contributed by atoms with Gasteiger partial charge in [0.15, 0.2) is 0 Å². The van der Waals surface area contributed by atoms with Gasteiger partial charge < -0.3 is 5.32 Å². The molecule has 1 atom stereocenters. The second kappa shape index (κ2) is 7.89. The third-order valence-corrected chi connectivity index (χ3v) is 7.11. The average Bonchev–Trinajstić information content (AvgIpc) is 2.51. The maximum Gasteiger partial charge on any atom is 0.243 e. The van der Waals surface area contributed by atoms with Crippen molar-refractivity contribution < 1.29 is 13.2 Å². The Labute approximate surface area is 164 Å². The van der Waals surface area contributed by atoms with Crippen LogP contribution in [0.5, 0.6) is 0 Å². The van der Waals surface area contributed by atoms with Crippen LogP contribution in [0.15, 0.2) is 17.0 Å². The number of carbonyl (C=O) groups is 1. The highest BCUT2D eigenvalue weighted by atomic mass is 32.2. The van der Waals surface area contributed by atoms with E-state index in [4.69, 9.17) is 0 Å². The standard InChI is InChI=1S/C20H33N3O3S/c1-14-12-15(2)18(16(3)13-14)27(25,26)23-10-8-22(9-11-23)17(4)19(24)21-20(5,6)7/h12-13,17H,8-11H2,1-7H3,(H,21,24)/t17-/m1/s1. The zero-order valence-electron chi connectivity index (χ0n) is 17.6. The quantitative estimate of drug-likeness (QED) is 0.849. The van der Waals surface area contributed by atoms with Crippen molar-refractivity contribution in [2.24, 2.45) is 0 Å². The predicted molar refractivity (Wildman–Crippen MR) is 108 cm³/mol. The summed E-state index contributed by atoms with van der Waals surface area (Å²) in [5.41, 5.74) is 2.35. The van der Waals surface area contributed by atoms with E-state index in [0.29, 0.717) is 31.1 Å². The highest BCUT2D eigenvalue weighted by Crippen LogP contribution is 2.26. The van der Waals surface area contributed by atoms with Gasteiger partial charge in [0, 0.05) is 31.7 Å². The Morgan fingerprint density at radius 2 is 1.52 bits per heavy atom. The Morgan fingerprint density at radius 1 is 1.04 bits per heavy atom. The molecule has 27 heavy (non-hydrogen) atoms. The van der Waals surface area contributed by atoms with Crippen molar-refractivity contribution in [3.8, 4) is 0 Å². The summed E-state index contributed by atoms with van der Waals surface area (Å²) in [5, 5.41) is 2.99. The Morgan fingerprint density at radius 3 is 1.96 bits per heavy atom. The summed E-state index contributed by atoms with van der Waals surface area (Å²) >= 11 is 0. The first-order valence-electron chi connectivity index (χ1n) is 9.47. The van der Waals surface area contributed by atoms with Crippen molar-refractivity contribution in [3.05, 3.63) is 28.8 Å². The van der Waals surface area contributed by atoms with Gasteiger partial charge in [0.25, 0.3) is 0 Å². The molecule has 0 radical (unpaired) electrons. The summed E-state index contributed by atoms with van der Waals surface area (Å²) in [6, 6.07) is 3.54. The third kappa shape index (κ3) is 5.09. The molecule has 1 aromatic carbocycles. The van der Waals surface area contributed by atoms with Gasteiger partial charge in [-0.15, -0.1) is 0 Å². The zero-order chi connectivity index (χ0) is 20.6. The average molecular weight is 396 g/mol. The van der Waals surface area contributed by atoms with Crippen LogP contribution in [-0.2, 0) is 14.8 Å². The Hall–Kier alpha value is -1.44. The Bertz CT molecular complexity index is 781. The highest BCUT2D eigenvalue weighted by Gasteiger charge is 2.33.